The fourth-order valence-electron chi connectivity index (χ4n) is 1.32. The normalized spacial score (nSPS) is 10.7. The van der Waals surface area contributed by atoms with Gasteiger partial charge in [0.2, 0.25) is 0 Å². The number of likely N-dealkylation sites (N-methyl/N-ethyl adjacent to an activating group) is 2. The van der Waals surface area contributed by atoms with Crippen molar-refractivity contribution < 1.29 is 9.18 Å². The third kappa shape index (κ3) is 4.09. The van der Waals surface area contributed by atoms with Crippen LogP contribution in [0.15, 0.2) is 22.7 Å². The molecule has 17 heavy (non-hydrogen) atoms. The van der Waals surface area contributed by atoms with Crippen molar-refractivity contribution in [3.8, 4) is 0 Å². The lowest BCUT2D eigenvalue weighted by Gasteiger charge is -2.20. The van der Waals surface area contributed by atoms with E-state index in [0.717, 1.165) is 6.54 Å². The minimum atomic E-state index is -0.491. The highest BCUT2D eigenvalue weighted by Crippen LogP contribution is 2.16. The zero-order valence-corrected chi connectivity index (χ0v) is 11.8. The number of halogens is 2. The maximum Gasteiger partial charge on any atom is 0.256 e. The van der Waals surface area contributed by atoms with Gasteiger partial charge in [-0.15, -0.1) is 0 Å². The van der Waals surface area contributed by atoms with Crippen LogP contribution in [0.4, 0.5) is 4.39 Å². The molecule has 0 N–H and O–H groups in total. The predicted octanol–water partition coefficient (Wildman–Crippen LogP) is 2.22. The molecule has 0 saturated carbocycles. The lowest BCUT2D eigenvalue weighted by atomic mass is 10.2. The average Bonchev–Trinajstić information content (AvgIpc) is 2.28. The van der Waals surface area contributed by atoms with E-state index in [9.17, 15) is 9.18 Å². The number of benzene rings is 1. The van der Waals surface area contributed by atoms with E-state index in [4.69, 9.17) is 0 Å². The molecule has 0 atom stereocenters. The van der Waals surface area contributed by atoms with Crippen molar-refractivity contribution in [1.82, 2.24) is 9.80 Å². The molecule has 0 saturated heterocycles. The van der Waals surface area contributed by atoms with Crippen molar-refractivity contribution >= 4 is 21.8 Å². The van der Waals surface area contributed by atoms with Crippen LogP contribution in [0.2, 0.25) is 0 Å². The third-order valence-corrected chi connectivity index (χ3v) is 2.88. The Bertz CT molecular complexity index is 409. The molecule has 1 aromatic rings. The van der Waals surface area contributed by atoms with Gasteiger partial charge in [0.1, 0.15) is 5.82 Å². The summed E-state index contributed by atoms with van der Waals surface area (Å²) in [6, 6.07) is 4.37. The quantitative estimate of drug-likeness (QED) is 0.851. The van der Waals surface area contributed by atoms with Gasteiger partial charge in [-0.05, 0) is 32.3 Å². The standard InChI is InChI=1S/C12H16BrFN2O/c1-15(2)6-7-16(3)12(17)10-8-9(13)4-5-11(10)14/h4-5,8H,6-7H2,1-3H3. The van der Waals surface area contributed by atoms with Gasteiger partial charge in [-0.3, -0.25) is 4.79 Å². The molecule has 0 aromatic heterocycles. The van der Waals surface area contributed by atoms with E-state index >= 15 is 0 Å². The summed E-state index contributed by atoms with van der Waals surface area (Å²) in [5, 5.41) is 0. The van der Waals surface area contributed by atoms with Gasteiger partial charge in [-0.1, -0.05) is 15.9 Å². The average molecular weight is 303 g/mol. The molecule has 1 rings (SSSR count). The lowest BCUT2D eigenvalue weighted by Crippen LogP contribution is -2.33. The second-order valence-corrected chi connectivity index (χ2v) is 5.07. The summed E-state index contributed by atoms with van der Waals surface area (Å²) in [5.41, 5.74) is 0.0978. The van der Waals surface area contributed by atoms with Crippen molar-refractivity contribution in [3.63, 3.8) is 0 Å². The molecule has 0 aliphatic heterocycles. The van der Waals surface area contributed by atoms with Crippen LogP contribution in [0.1, 0.15) is 10.4 Å². The highest BCUT2D eigenvalue weighted by Gasteiger charge is 2.16. The van der Waals surface area contributed by atoms with Crippen LogP contribution in [-0.4, -0.2) is 49.9 Å². The highest BCUT2D eigenvalue weighted by atomic mass is 79.9. The lowest BCUT2D eigenvalue weighted by molar-refractivity contribution is 0.0781. The molecule has 0 bridgehead atoms. The van der Waals surface area contributed by atoms with Gasteiger partial charge in [0.05, 0.1) is 5.56 Å². The fraction of sp³-hybridized carbons (Fsp3) is 0.417. The first kappa shape index (κ1) is 14.1. The molecular formula is C12H16BrFN2O. The summed E-state index contributed by atoms with van der Waals surface area (Å²) < 4.78 is 14.2. The van der Waals surface area contributed by atoms with E-state index < -0.39 is 5.82 Å². The Balaban J connectivity index is 2.78. The maximum atomic E-state index is 13.5. The van der Waals surface area contributed by atoms with E-state index in [2.05, 4.69) is 15.9 Å². The smallest absolute Gasteiger partial charge is 0.256 e. The zero-order valence-electron chi connectivity index (χ0n) is 10.2. The number of nitrogens with zero attached hydrogens (tertiary/aromatic N) is 2. The van der Waals surface area contributed by atoms with Crippen molar-refractivity contribution in [3.05, 3.63) is 34.1 Å². The molecule has 0 aliphatic rings. The van der Waals surface area contributed by atoms with Gasteiger partial charge < -0.3 is 9.80 Å². The van der Waals surface area contributed by atoms with Gasteiger partial charge >= 0.3 is 0 Å². The molecule has 0 unspecified atom stereocenters. The first-order chi connectivity index (χ1) is 7.91. The summed E-state index contributed by atoms with van der Waals surface area (Å²) in [6.45, 7) is 1.32. The number of carbonyl (C=O) groups excluding carboxylic acids is 1. The molecule has 3 nitrogen and oxygen atoms in total. The van der Waals surface area contributed by atoms with Crippen LogP contribution in [0, 0.1) is 5.82 Å². The van der Waals surface area contributed by atoms with Crippen LogP contribution >= 0.6 is 15.9 Å². The number of hydrogen-bond donors (Lipinski definition) is 0. The molecule has 0 fully saturated rings. The Kier molecular flexibility index (Phi) is 5.08. The van der Waals surface area contributed by atoms with Crippen LogP contribution in [0.25, 0.3) is 0 Å². The molecule has 0 spiro atoms. The molecule has 5 heteroatoms. The highest BCUT2D eigenvalue weighted by molar-refractivity contribution is 9.10. The molecule has 0 radical (unpaired) electrons. The molecule has 1 aromatic carbocycles. The van der Waals surface area contributed by atoms with Crippen LogP contribution < -0.4 is 0 Å². The summed E-state index contributed by atoms with van der Waals surface area (Å²) in [7, 11) is 5.53. The zero-order chi connectivity index (χ0) is 13.0. The van der Waals surface area contributed by atoms with Gasteiger partial charge in [0, 0.05) is 24.6 Å². The van der Waals surface area contributed by atoms with E-state index in [1.807, 2.05) is 19.0 Å². The summed E-state index contributed by atoms with van der Waals surface area (Å²) in [4.78, 5) is 15.5. The van der Waals surface area contributed by atoms with Gasteiger partial charge in [0.15, 0.2) is 0 Å². The van der Waals surface area contributed by atoms with Gasteiger partial charge in [-0.2, -0.15) is 0 Å². The Hall–Kier alpha value is -0.940. The first-order valence-electron chi connectivity index (χ1n) is 5.27. The number of amides is 1. The minimum absolute atomic E-state index is 0.0978. The predicted molar refractivity (Wildman–Crippen MR) is 69.6 cm³/mol. The molecule has 0 heterocycles. The van der Waals surface area contributed by atoms with Crippen molar-refractivity contribution in [2.45, 2.75) is 0 Å². The van der Waals surface area contributed by atoms with E-state index in [0.29, 0.717) is 11.0 Å². The van der Waals surface area contributed by atoms with Crippen molar-refractivity contribution in [1.29, 1.82) is 0 Å². The number of rotatable bonds is 4. The maximum absolute atomic E-state index is 13.5. The SMILES string of the molecule is CN(C)CCN(C)C(=O)c1cc(Br)ccc1F. The molecule has 94 valence electrons. The summed E-state index contributed by atoms with van der Waals surface area (Å²) in [5.74, 6) is -0.791. The van der Waals surface area contributed by atoms with E-state index in [-0.39, 0.29) is 11.5 Å². The Morgan fingerprint density at radius 1 is 1.29 bits per heavy atom. The van der Waals surface area contributed by atoms with Crippen LogP contribution in [0.5, 0.6) is 0 Å². The fourth-order valence-corrected chi connectivity index (χ4v) is 1.68. The monoisotopic (exact) mass is 302 g/mol. The summed E-state index contributed by atoms with van der Waals surface area (Å²) in [6.07, 6.45) is 0. The molecular weight excluding hydrogens is 287 g/mol. The number of hydrogen-bond acceptors (Lipinski definition) is 2. The largest absolute Gasteiger partial charge is 0.340 e. The second-order valence-electron chi connectivity index (χ2n) is 4.15. The van der Waals surface area contributed by atoms with E-state index in [1.165, 1.54) is 17.0 Å². The summed E-state index contributed by atoms with van der Waals surface area (Å²) >= 11 is 3.23. The third-order valence-electron chi connectivity index (χ3n) is 2.39. The Labute approximate surface area is 109 Å². The Morgan fingerprint density at radius 2 is 1.94 bits per heavy atom. The van der Waals surface area contributed by atoms with Crippen molar-refractivity contribution in [2.75, 3.05) is 34.2 Å². The van der Waals surface area contributed by atoms with Crippen molar-refractivity contribution in [2.24, 2.45) is 0 Å². The van der Waals surface area contributed by atoms with Gasteiger partial charge in [-0.25, -0.2) is 4.39 Å². The van der Waals surface area contributed by atoms with E-state index in [1.54, 1.807) is 13.1 Å². The van der Waals surface area contributed by atoms with Crippen LogP contribution in [0.3, 0.4) is 0 Å². The van der Waals surface area contributed by atoms with Gasteiger partial charge in [0.25, 0.3) is 5.91 Å². The Morgan fingerprint density at radius 3 is 2.53 bits per heavy atom. The topological polar surface area (TPSA) is 23.6 Å². The molecule has 0 aliphatic carbocycles. The van der Waals surface area contributed by atoms with Crippen LogP contribution in [-0.2, 0) is 0 Å². The second kappa shape index (κ2) is 6.12. The minimum Gasteiger partial charge on any atom is -0.340 e. The molecule has 1 amide bonds. The number of carbonyl (C=O) groups is 1. The first-order valence-corrected chi connectivity index (χ1v) is 6.06.